The van der Waals surface area contributed by atoms with Crippen LogP contribution >= 0.6 is 0 Å². The van der Waals surface area contributed by atoms with Gasteiger partial charge in [0, 0.05) is 18.7 Å². The van der Waals surface area contributed by atoms with E-state index in [0.717, 1.165) is 5.70 Å². The van der Waals surface area contributed by atoms with Gasteiger partial charge in [0.25, 0.3) is 0 Å². The van der Waals surface area contributed by atoms with Gasteiger partial charge in [-0.05, 0) is 12.8 Å². The van der Waals surface area contributed by atoms with Gasteiger partial charge in [0.1, 0.15) is 0 Å². The smallest absolute Gasteiger partial charge is 0.0638 e. The Morgan fingerprint density at radius 1 is 1.31 bits per heavy atom. The van der Waals surface area contributed by atoms with Crippen molar-refractivity contribution in [2.24, 2.45) is 5.92 Å². The summed E-state index contributed by atoms with van der Waals surface area (Å²) in [5.74, 6) is 0.583. The first kappa shape index (κ1) is 12.5. The Labute approximate surface area is 82.5 Å². The van der Waals surface area contributed by atoms with Crippen molar-refractivity contribution in [2.75, 3.05) is 14.2 Å². The summed E-state index contributed by atoms with van der Waals surface area (Å²) in [5, 5.41) is 1.77. The van der Waals surface area contributed by atoms with Gasteiger partial charge in [0.15, 0.2) is 0 Å². The minimum atomic E-state index is 0.583. The molecule has 0 aromatic rings. The normalized spacial score (nSPS) is 10.5. The molecule has 0 amide bonds. The highest BCUT2D eigenvalue weighted by molar-refractivity contribution is 4.96. The minimum absolute atomic E-state index is 0.583. The van der Waals surface area contributed by atoms with Crippen LogP contribution in [0, 0.1) is 5.92 Å². The number of rotatable bonds is 7. The van der Waals surface area contributed by atoms with E-state index in [1.54, 1.807) is 12.2 Å². The number of hydrogen-bond acceptors (Lipinski definition) is 2. The standard InChI is InChI=1S/C11H23NO/c1-6-8-11(9-7-2)10(3)12(4)13-5/h11H,3,6-9H2,1-2,4-5H3. The number of hydroxylamine groups is 2. The SMILES string of the molecule is C=C(C(CCC)CCC)N(C)OC. The largest absolute Gasteiger partial charge is 0.277 e. The number of hydrogen-bond donors (Lipinski definition) is 0. The van der Waals surface area contributed by atoms with Crippen molar-refractivity contribution in [3.05, 3.63) is 12.3 Å². The second kappa shape index (κ2) is 6.96. The zero-order valence-electron chi connectivity index (χ0n) is 9.47. The lowest BCUT2D eigenvalue weighted by Crippen LogP contribution is -2.21. The fraction of sp³-hybridized carbons (Fsp3) is 0.818. The van der Waals surface area contributed by atoms with E-state index < -0.39 is 0 Å². The molecule has 0 heterocycles. The van der Waals surface area contributed by atoms with Gasteiger partial charge in [0.05, 0.1) is 7.11 Å². The fourth-order valence-electron chi connectivity index (χ4n) is 1.55. The highest BCUT2D eigenvalue weighted by Gasteiger charge is 2.13. The molecule has 0 aromatic carbocycles. The Kier molecular flexibility index (Phi) is 6.69. The van der Waals surface area contributed by atoms with Crippen molar-refractivity contribution in [1.82, 2.24) is 5.06 Å². The quantitative estimate of drug-likeness (QED) is 0.565. The molecule has 0 aliphatic rings. The van der Waals surface area contributed by atoms with Crippen molar-refractivity contribution >= 4 is 0 Å². The summed E-state index contributed by atoms with van der Waals surface area (Å²) < 4.78 is 0. The van der Waals surface area contributed by atoms with E-state index in [4.69, 9.17) is 4.84 Å². The summed E-state index contributed by atoms with van der Waals surface area (Å²) in [5.41, 5.74) is 1.10. The van der Waals surface area contributed by atoms with E-state index >= 15 is 0 Å². The predicted molar refractivity (Wildman–Crippen MR) is 57.2 cm³/mol. The van der Waals surface area contributed by atoms with Crippen LogP contribution in [0.1, 0.15) is 39.5 Å². The second-order valence-corrected chi connectivity index (χ2v) is 3.45. The molecule has 0 atom stereocenters. The molecule has 0 spiro atoms. The molecule has 0 saturated carbocycles. The van der Waals surface area contributed by atoms with Gasteiger partial charge in [-0.25, -0.2) is 0 Å². The summed E-state index contributed by atoms with van der Waals surface area (Å²) >= 11 is 0. The summed E-state index contributed by atoms with van der Waals surface area (Å²) in [6.45, 7) is 8.49. The Morgan fingerprint density at radius 3 is 2.08 bits per heavy atom. The summed E-state index contributed by atoms with van der Waals surface area (Å²) in [7, 11) is 3.60. The predicted octanol–water partition coefficient (Wildman–Crippen LogP) is 3.21. The lowest BCUT2D eigenvalue weighted by Gasteiger charge is -2.25. The van der Waals surface area contributed by atoms with E-state index in [9.17, 15) is 0 Å². The fourth-order valence-corrected chi connectivity index (χ4v) is 1.55. The Bertz CT molecular complexity index is 139. The first-order valence-corrected chi connectivity index (χ1v) is 5.13. The molecular weight excluding hydrogens is 162 g/mol. The molecule has 0 rings (SSSR count). The van der Waals surface area contributed by atoms with Crippen LogP contribution in [0.25, 0.3) is 0 Å². The zero-order chi connectivity index (χ0) is 10.3. The summed E-state index contributed by atoms with van der Waals surface area (Å²) in [4.78, 5) is 5.12. The first-order chi connectivity index (χ1) is 6.17. The summed E-state index contributed by atoms with van der Waals surface area (Å²) in [6, 6.07) is 0. The molecule has 2 heteroatoms. The van der Waals surface area contributed by atoms with Crippen LogP contribution in [-0.4, -0.2) is 19.2 Å². The highest BCUT2D eigenvalue weighted by Crippen LogP contribution is 2.23. The van der Waals surface area contributed by atoms with Gasteiger partial charge in [-0.15, -0.1) is 0 Å². The van der Waals surface area contributed by atoms with Gasteiger partial charge in [-0.3, -0.25) is 9.90 Å². The summed E-state index contributed by atoms with van der Waals surface area (Å²) in [6.07, 6.45) is 4.84. The maximum atomic E-state index is 5.12. The van der Waals surface area contributed by atoms with Crippen molar-refractivity contribution < 1.29 is 4.84 Å². The van der Waals surface area contributed by atoms with Gasteiger partial charge < -0.3 is 0 Å². The third kappa shape index (κ3) is 4.32. The zero-order valence-corrected chi connectivity index (χ0v) is 9.47. The van der Waals surface area contributed by atoms with Crippen LogP contribution < -0.4 is 0 Å². The molecule has 0 aliphatic carbocycles. The van der Waals surface area contributed by atoms with Crippen LogP contribution in [0.2, 0.25) is 0 Å². The third-order valence-electron chi connectivity index (χ3n) is 2.42. The average Bonchev–Trinajstić information content (AvgIpc) is 2.15. The van der Waals surface area contributed by atoms with Crippen LogP contribution in [-0.2, 0) is 4.84 Å². The van der Waals surface area contributed by atoms with E-state index in [-0.39, 0.29) is 0 Å². The molecule has 0 fully saturated rings. The van der Waals surface area contributed by atoms with Crippen LogP contribution in [0.4, 0.5) is 0 Å². The van der Waals surface area contributed by atoms with E-state index in [1.807, 2.05) is 7.05 Å². The van der Waals surface area contributed by atoms with Gasteiger partial charge >= 0.3 is 0 Å². The molecule has 0 aromatic heterocycles. The molecule has 0 unspecified atom stereocenters. The van der Waals surface area contributed by atoms with E-state index in [2.05, 4.69) is 20.4 Å². The van der Waals surface area contributed by atoms with E-state index in [0.29, 0.717) is 5.92 Å². The van der Waals surface area contributed by atoms with Crippen molar-refractivity contribution in [3.63, 3.8) is 0 Å². The van der Waals surface area contributed by atoms with Crippen molar-refractivity contribution in [2.45, 2.75) is 39.5 Å². The number of nitrogens with zero attached hydrogens (tertiary/aromatic N) is 1. The number of allylic oxidation sites excluding steroid dienone is 1. The van der Waals surface area contributed by atoms with Crippen molar-refractivity contribution in [3.8, 4) is 0 Å². The topological polar surface area (TPSA) is 12.5 Å². The highest BCUT2D eigenvalue weighted by atomic mass is 16.7. The molecule has 0 bridgehead atoms. The molecule has 0 aliphatic heterocycles. The molecular formula is C11H23NO. The maximum absolute atomic E-state index is 5.12. The Morgan fingerprint density at radius 2 is 1.77 bits per heavy atom. The van der Waals surface area contributed by atoms with Crippen molar-refractivity contribution in [1.29, 1.82) is 0 Å². The Balaban J connectivity index is 4.09. The maximum Gasteiger partial charge on any atom is 0.0638 e. The van der Waals surface area contributed by atoms with Crippen LogP contribution in [0.3, 0.4) is 0 Å². The molecule has 13 heavy (non-hydrogen) atoms. The molecule has 0 N–H and O–H groups in total. The Hall–Kier alpha value is -0.500. The molecule has 2 nitrogen and oxygen atoms in total. The molecule has 0 saturated heterocycles. The third-order valence-corrected chi connectivity index (χ3v) is 2.42. The molecule has 78 valence electrons. The average molecular weight is 185 g/mol. The lowest BCUT2D eigenvalue weighted by molar-refractivity contribution is -0.0859. The molecule has 0 radical (unpaired) electrons. The van der Waals surface area contributed by atoms with Gasteiger partial charge in [-0.2, -0.15) is 0 Å². The van der Waals surface area contributed by atoms with E-state index in [1.165, 1.54) is 25.7 Å². The monoisotopic (exact) mass is 185 g/mol. The van der Waals surface area contributed by atoms with Crippen LogP contribution in [0.15, 0.2) is 12.3 Å². The second-order valence-electron chi connectivity index (χ2n) is 3.45. The van der Waals surface area contributed by atoms with Gasteiger partial charge in [0.2, 0.25) is 0 Å². The lowest BCUT2D eigenvalue weighted by atomic mass is 9.95. The van der Waals surface area contributed by atoms with Gasteiger partial charge in [-0.1, -0.05) is 33.3 Å². The first-order valence-electron chi connectivity index (χ1n) is 5.13. The van der Waals surface area contributed by atoms with Crippen LogP contribution in [0.5, 0.6) is 0 Å². The minimum Gasteiger partial charge on any atom is -0.277 e.